The van der Waals surface area contributed by atoms with Gasteiger partial charge in [-0.05, 0) is 59.9 Å². The van der Waals surface area contributed by atoms with Crippen molar-refractivity contribution in [2.24, 2.45) is 0 Å². The first kappa shape index (κ1) is 25.3. The summed E-state index contributed by atoms with van der Waals surface area (Å²) in [5, 5.41) is 2.39. The Morgan fingerprint density at radius 3 is 2.36 bits per heavy atom. The van der Waals surface area contributed by atoms with Gasteiger partial charge in [-0.3, -0.25) is 9.05 Å². The molecule has 9 rings (SSSR count). The van der Waals surface area contributed by atoms with Crippen molar-refractivity contribution in [1.29, 1.82) is 0 Å². The molecular formula is C37H35N4O+. The first-order chi connectivity index (χ1) is 20.1. The molecule has 0 N–H and O–H groups in total. The average Bonchev–Trinajstić information content (AvgIpc) is 3.51. The highest BCUT2D eigenvalue weighted by Crippen LogP contribution is 2.61. The number of ether oxygens (including phenoxy) is 1. The molecule has 0 unspecified atom stereocenters. The van der Waals surface area contributed by atoms with Gasteiger partial charge in [0, 0.05) is 47.3 Å². The third-order valence-corrected chi connectivity index (χ3v) is 9.05. The van der Waals surface area contributed by atoms with Crippen molar-refractivity contribution in [3.8, 4) is 17.3 Å². The fourth-order valence-corrected chi connectivity index (χ4v) is 7.08. The average molecular weight is 552 g/mol. The van der Waals surface area contributed by atoms with E-state index in [1.54, 1.807) is 0 Å². The van der Waals surface area contributed by atoms with E-state index in [9.17, 15) is 0 Å². The summed E-state index contributed by atoms with van der Waals surface area (Å²) in [5.74, 6) is 2.56. The fourth-order valence-electron chi connectivity index (χ4n) is 7.08. The second kappa shape index (κ2) is 8.54. The van der Waals surface area contributed by atoms with Crippen LogP contribution in [0.5, 0.6) is 11.5 Å². The van der Waals surface area contributed by atoms with Crippen molar-refractivity contribution >= 4 is 38.9 Å². The number of pyridine rings is 1. The van der Waals surface area contributed by atoms with Crippen LogP contribution in [0, 0.1) is 13.6 Å². The normalized spacial score (nSPS) is 21.0. The fraction of sp³-hybridized carbons (Fsp3) is 0.189. The zero-order valence-corrected chi connectivity index (χ0v) is 24.8. The van der Waals surface area contributed by atoms with Gasteiger partial charge in [-0.25, -0.2) is 4.98 Å². The van der Waals surface area contributed by atoms with E-state index in [0.29, 0.717) is 0 Å². The first-order valence-electron chi connectivity index (χ1n) is 14.7. The maximum absolute atomic E-state index is 6.65. The Bertz CT molecular complexity index is 2030. The number of hydrogen-bond acceptors (Lipinski definition) is 2. The number of quaternary nitrogens is 2. The van der Waals surface area contributed by atoms with E-state index in [1.165, 1.54) is 39.0 Å². The first-order valence-corrected chi connectivity index (χ1v) is 14.7. The van der Waals surface area contributed by atoms with E-state index < -0.39 is 0 Å². The lowest BCUT2D eigenvalue weighted by Gasteiger charge is -2.54. The standard InChI is InChI=1S/C37H35N4O/c1-25-18-27(41-23-40(5,24-41)34-16-13-26(20-35(34)41)37(2,3)4)21-29(19-25)42-28-14-15-31-30-10-6-7-11-32(30)39(33(31)22-28)36-12-8-9-17-38-36/h6-23H,24H2,1-5H3/q+1/t40-,41+/m0/s1. The molecule has 3 aliphatic rings. The Kier molecular flexibility index (Phi) is 5.14. The molecule has 0 spiro atoms. The van der Waals surface area contributed by atoms with Crippen LogP contribution in [-0.4, -0.2) is 23.3 Å². The molecule has 5 nitrogen and oxygen atoms in total. The van der Waals surface area contributed by atoms with E-state index in [1.807, 2.05) is 18.3 Å². The van der Waals surface area contributed by atoms with Crippen molar-refractivity contribution in [3.63, 3.8) is 0 Å². The van der Waals surface area contributed by atoms with Crippen LogP contribution in [0.3, 0.4) is 0 Å². The van der Waals surface area contributed by atoms with Gasteiger partial charge in [0.2, 0.25) is 0 Å². The van der Waals surface area contributed by atoms with Gasteiger partial charge in [-0.2, -0.15) is 0 Å². The molecule has 0 amide bonds. The minimum atomic E-state index is 0.0955. The topological polar surface area (TPSA) is 27.1 Å². The Hall–Kier alpha value is -4.45. The van der Waals surface area contributed by atoms with Crippen molar-refractivity contribution in [3.05, 3.63) is 121 Å². The number of hydrogen-bond donors (Lipinski definition) is 0. The predicted octanol–water partition coefficient (Wildman–Crippen LogP) is 9.26. The van der Waals surface area contributed by atoms with E-state index in [2.05, 4.69) is 136 Å². The van der Waals surface area contributed by atoms with Crippen LogP contribution in [0.1, 0.15) is 31.9 Å². The molecule has 3 aliphatic heterocycles. The number of para-hydroxylation sites is 1. The quantitative estimate of drug-likeness (QED) is 0.161. The summed E-state index contributed by atoms with van der Waals surface area (Å²) >= 11 is 0. The van der Waals surface area contributed by atoms with E-state index >= 15 is 0 Å². The third-order valence-electron chi connectivity index (χ3n) is 9.05. The minimum Gasteiger partial charge on any atom is -0.457 e. The maximum Gasteiger partial charge on any atom is 0.181 e. The SMILES string of the molecule is Cc1cc(Oc2ccc3c4ccccc4n(-c4ccccn4)c3c2)cc([N@@+]23[CH-][N@@+](C)(C2)c2ccc(C(C)(C)C)cc23)c1. The van der Waals surface area contributed by atoms with Crippen molar-refractivity contribution in [2.45, 2.75) is 33.1 Å². The molecule has 208 valence electrons. The van der Waals surface area contributed by atoms with Crippen molar-refractivity contribution in [2.75, 3.05) is 13.7 Å². The Balaban J connectivity index is 1.21. The van der Waals surface area contributed by atoms with Crippen LogP contribution in [0.15, 0.2) is 103 Å². The monoisotopic (exact) mass is 551 g/mol. The molecule has 1 fully saturated rings. The van der Waals surface area contributed by atoms with Crippen molar-refractivity contribution < 1.29 is 4.74 Å². The zero-order valence-electron chi connectivity index (χ0n) is 24.8. The summed E-state index contributed by atoms with van der Waals surface area (Å²) in [6, 6.07) is 34.7. The summed E-state index contributed by atoms with van der Waals surface area (Å²) < 4.78 is 10.5. The number of aromatic nitrogens is 2. The summed E-state index contributed by atoms with van der Waals surface area (Å²) in [6.45, 7) is 12.5. The van der Waals surface area contributed by atoms with Gasteiger partial charge in [0.25, 0.3) is 0 Å². The van der Waals surface area contributed by atoms with Gasteiger partial charge in [-0.1, -0.05) is 51.1 Å². The molecule has 0 saturated carbocycles. The number of fused-ring (bicyclic) bond motifs is 3. The lowest BCUT2D eigenvalue weighted by molar-refractivity contribution is 0.157. The van der Waals surface area contributed by atoms with Crippen LogP contribution in [0.4, 0.5) is 17.1 Å². The predicted molar refractivity (Wildman–Crippen MR) is 173 cm³/mol. The number of aryl methyl sites for hydroxylation is 1. The van der Waals surface area contributed by atoms with Gasteiger partial charge in [-0.15, -0.1) is 0 Å². The second-order valence-electron chi connectivity index (χ2n) is 13.2. The molecule has 5 heteroatoms. The highest BCUT2D eigenvalue weighted by atomic mass is 16.5. The van der Waals surface area contributed by atoms with Crippen LogP contribution in [0.25, 0.3) is 27.6 Å². The van der Waals surface area contributed by atoms with Gasteiger partial charge < -0.3 is 9.22 Å². The summed E-state index contributed by atoms with van der Waals surface area (Å²) in [5.41, 5.74) is 8.87. The lowest BCUT2D eigenvalue weighted by Crippen LogP contribution is -2.68. The van der Waals surface area contributed by atoms with Gasteiger partial charge in [0.1, 0.15) is 23.0 Å². The smallest absolute Gasteiger partial charge is 0.181 e. The summed E-state index contributed by atoms with van der Waals surface area (Å²) in [6.07, 6.45) is 1.84. The molecule has 0 aliphatic carbocycles. The Morgan fingerprint density at radius 2 is 1.57 bits per heavy atom. The summed E-state index contributed by atoms with van der Waals surface area (Å²) in [7, 11) is 2.31. The molecule has 4 aromatic carbocycles. The molecule has 1 saturated heterocycles. The highest BCUT2D eigenvalue weighted by Gasteiger charge is 2.59. The molecule has 2 aromatic heterocycles. The molecule has 0 radical (unpaired) electrons. The van der Waals surface area contributed by atoms with Crippen LogP contribution in [0.2, 0.25) is 0 Å². The molecule has 42 heavy (non-hydrogen) atoms. The van der Waals surface area contributed by atoms with E-state index in [4.69, 9.17) is 4.74 Å². The number of rotatable bonds is 4. The van der Waals surface area contributed by atoms with Crippen LogP contribution < -0.4 is 13.7 Å². The molecule has 2 atom stereocenters. The van der Waals surface area contributed by atoms with Gasteiger partial charge >= 0.3 is 0 Å². The third kappa shape index (κ3) is 3.60. The van der Waals surface area contributed by atoms with E-state index in [-0.39, 0.29) is 5.41 Å². The maximum atomic E-state index is 6.65. The lowest BCUT2D eigenvalue weighted by atomic mass is 9.86. The number of benzene rings is 4. The molecule has 2 bridgehead atoms. The molecule has 5 heterocycles. The molecular weight excluding hydrogens is 516 g/mol. The minimum absolute atomic E-state index is 0.0955. The van der Waals surface area contributed by atoms with Crippen LogP contribution in [-0.2, 0) is 5.41 Å². The molecule has 6 aromatic rings. The van der Waals surface area contributed by atoms with E-state index in [0.717, 1.165) is 44.0 Å². The number of nitrogens with zero attached hydrogens (tertiary/aromatic N) is 4. The highest BCUT2D eigenvalue weighted by molar-refractivity contribution is 6.09. The van der Waals surface area contributed by atoms with Gasteiger partial charge in [0.15, 0.2) is 18.0 Å². The van der Waals surface area contributed by atoms with Crippen molar-refractivity contribution in [1.82, 2.24) is 18.5 Å². The van der Waals surface area contributed by atoms with Gasteiger partial charge in [0.05, 0.1) is 24.7 Å². The second-order valence-corrected chi connectivity index (χ2v) is 13.2. The largest absolute Gasteiger partial charge is 0.457 e. The zero-order chi connectivity index (χ0) is 28.9. The Labute approximate surface area is 247 Å². The summed E-state index contributed by atoms with van der Waals surface area (Å²) in [4.78, 5) is 4.67. The Morgan fingerprint density at radius 1 is 0.786 bits per heavy atom. The van der Waals surface area contributed by atoms with Crippen LogP contribution >= 0.6 is 0 Å².